The maximum Gasteiger partial charge on any atom is 0.427 e. The maximum atomic E-state index is 14.8. The molecule has 11 nitrogen and oxygen atoms in total. The summed E-state index contributed by atoms with van der Waals surface area (Å²) in [4.78, 5) is 62.4. The number of aromatic nitrogens is 1. The summed E-state index contributed by atoms with van der Waals surface area (Å²) in [6.07, 6.45) is -3.65. The average molecular weight is 870 g/mol. The summed E-state index contributed by atoms with van der Waals surface area (Å²) < 4.78 is 122. The molecule has 0 unspecified atom stereocenters. The molecule has 0 bridgehead atoms. The zero-order chi connectivity index (χ0) is 43.8. The van der Waals surface area contributed by atoms with Gasteiger partial charge in [-0.1, -0.05) is 25.0 Å². The number of aryl methyl sites for hydroxylation is 2. The molecule has 5 atom stereocenters. The molecule has 4 heterocycles. The molecule has 3 aliphatic heterocycles. The molecule has 2 amide bonds. The minimum atomic E-state index is -4.90. The van der Waals surface area contributed by atoms with Crippen molar-refractivity contribution in [3.8, 4) is 5.75 Å². The Morgan fingerprint density at radius 3 is 2.42 bits per heavy atom. The van der Waals surface area contributed by atoms with Crippen molar-refractivity contribution in [3.05, 3.63) is 47.2 Å². The van der Waals surface area contributed by atoms with Gasteiger partial charge in [-0.15, -0.1) is 0 Å². The Labute approximate surface area is 344 Å². The smallest absolute Gasteiger partial charge is 0.427 e. The number of carbonyl (C=O) groups excluding carboxylic acids is 4. The van der Waals surface area contributed by atoms with E-state index in [9.17, 15) is 53.9 Å². The summed E-state index contributed by atoms with van der Waals surface area (Å²) in [6.45, 7) is 4.33. The molecule has 328 valence electrons. The third-order valence-corrected chi connectivity index (χ3v) is 15.4. The number of halogens is 6. The largest absolute Gasteiger partial charge is 0.483 e. The van der Waals surface area contributed by atoms with E-state index < -0.39 is 104 Å². The molecule has 1 aromatic heterocycles. The molecule has 18 heteroatoms. The van der Waals surface area contributed by atoms with Crippen LogP contribution in [0.25, 0.3) is 10.9 Å². The minimum absolute atomic E-state index is 0.0837. The summed E-state index contributed by atoms with van der Waals surface area (Å²) in [5, 5.41) is 0.233. The highest BCUT2D eigenvalue weighted by Crippen LogP contribution is 2.58. The summed E-state index contributed by atoms with van der Waals surface area (Å²) in [7, 11) is -4.08. The molecule has 0 radical (unpaired) electrons. The number of sulfonamides is 1. The van der Waals surface area contributed by atoms with Gasteiger partial charge < -0.3 is 14.4 Å². The number of nitrogens with zero attached hydrogens (tertiary/aromatic N) is 2. The second kappa shape index (κ2) is 15.0. The number of allylic oxidation sites excluding steroid dienone is 2. The standard InChI is InChI=1S/C42H49F6N3O8S/c1-24-34-28(29-19-26(41(43,44)45)12-13-30(29)49-24)14-15-39(59-34)21-31-32(52)22-40(36(55)50-60(56,57)38(4)16-17-38)20-27(40)11-9-7-5-6-8-10-25(35(54)51(31)23-39)18-33(53)58-37(2,3)42(46,47)48/h9,11-13,19,25,27,31H,5-8,10,14-18,20-23H2,1-4H3,(H,50,55)/b11-9-/t25-,27-,31+,39-,40-/m1/s1. The van der Waals surface area contributed by atoms with Crippen molar-refractivity contribution in [1.82, 2.24) is 14.6 Å². The number of benzene rings is 1. The Balaban J connectivity index is 1.24. The predicted octanol–water partition coefficient (Wildman–Crippen LogP) is 7.60. The predicted molar refractivity (Wildman–Crippen MR) is 205 cm³/mol. The van der Waals surface area contributed by atoms with Gasteiger partial charge in [0.1, 0.15) is 11.4 Å². The molecular formula is C42H49F6N3O8S. The van der Waals surface area contributed by atoms with Crippen molar-refractivity contribution in [2.45, 2.75) is 146 Å². The molecule has 2 aromatic rings. The van der Waals surface area contributed by atoms with E-state index in [1.165, 1.54) is 17.9 Å². The van der Waals surface area contributed by atoms with Gasteiger partial charge in [0.2, 0.25) is 27.4 Å². The second-order valence-corrected chi connectivity index (χ2v) is 20.3. The number of pyridine rings is 1. The Hall–Kier alpha value is -4.22. The fourth-order valence-corrected chi connectivity index (χ4v) is 10.3. The lowest BCUT2D eigenvalue weighted by Crippen LogP contribution is -2.48. The van der Waals surface area contributed by atoms with E-state index in [1.54, 1.807) is 6.92 Å². The molecular weight excluding hydrogens is 821 g/mol. The lowest BCUT2D eigenvalue weighted by molar-refractivity contribution is -0.257. The van der Waals surface area contributed by atoms with E-state index in [1.807, 2.05) is 12.2 Å². The van der Waals surface area contributed by atoms with Gasteiger partial charge in [-0.2, -0.15) is 26.3 Å². The van der Waals surface area contributed by atoms with E-state index in [0.717, 1.165) is 12.1 Å². The highest BCUT2D eigenvalue weighted by Gasteiger charge is 2.63. The number of ether oxygens (including phenoxy) is 2. The van der Waals surface area contributed by atoms with Crippen molar-refractivity contribution in [2.75, 3.05) is 6.54 Å². The van der Waals surface area contributed by atoms with Crippen LogP contribution in [0.3, 0.4) is 0 Å². The van der Waals surface area contributed by atoms with Crippen LogP contribution in [0, 0.1) is 24.2 Å². The van der Waals surface area contributed by atoms with E-state index in [-0.39, 0.29) is 49.8 Å². The number of ketones is 1. The molecule has 2 saturated carbocycles. The highest BCUT2D eigenvalue weighted by atomic mass is 32.2. The molecule has 7 rings (SSSR count). The van der Waals surface area contributed by atoms with Crippen LogP contribution >= 0.6 is 0 Å². The van der Waals surface area contributed by atoms with E-state index in [0.29, 0.717) is 69.1 Å². The number of rotatable bonds is 6. The summed E-state index contributed by atoms with van der Waals surface area (Å²) in [5.74, 6) is -4.84. The minimum Gasteiger partial charge on any atom is -0.483 e. The number of hydrogen-bond donors (Lipinski definition) is 1. The topological polar surface area (TPSA) is 149 Å². The fourth-order valence-electron chi connectivity index (χ4n) is 8.92. The molecule has 1 spiro atoms. The molecule has 1 aromatic carbocycles. The molecule has 5 aliphatic rings. The van der Waals surface area contributed by atoms with Gasteiger partial charge in [0.15, 0.2) is 5.78 Å². The van der Waals surface area contributed by atoms with Crippen LogP contribution in [-0.4, -0.2) is 76.6 Å². The number of amides is 2. The first-order valence-corrected chi connectivity index (χ1v) is 21.8. The molecule has 60 heavy (non-hydrogen) atoms. The molecule has 1 N–H and O–H groups in total. The number of fused-ring (bicyclic) bond motifs is 5. The van der Waals surface area contributed by atoms with E-state index in [4.69, 9.17) is 9.47 Å². The normalized spacial score (nSPS) is 29.0. The Morgan fingerprint density at radius 2 is 1.75 bits per heavy atom. The first-order chi connectivity index (χ1) is 27.8. The lowest BCUT2D eigenvalue weighted by atomic mass is 9.85. The van der Waals surface area contributed by atoms with Crippen LogP contribution in [0.1, 0.15) is 115 Å². The van der Waals surface area contributed by atoms with Gasteiger partial charge in [0.25, 0.3) is 0 Å². The number of carbonyl (C=O) groups is 4. The van der Waals surface area contributed by atoms with Gasteiger partial charge in [0, 0.05) is 29.7 Å². The van der Waals surface area contributed by atoms with Crippen LogP contribution in [0.5, 0.6) is 5.75 Å². The number of hydrogen-bond acceptors (Lipinski definition) is 9. The average Bonchev–Trinajstić information content (AvgIpc) is 4.04. The van der Waals surface area contributed by atoms with Crippen LogP contribution in [-0.2, 0) is 46.5 Å². The number of esters is 1. The second-order valence-electron chi connectivity index (χ2n) is 18.1. The lowest BCUT2D eigenvalue weighted by Gasteiger charge is -2.37. The van der Waals surface area contributed by atoms with Crippen molar-refractivity contribution in [3.63, 3.8) is 0 Å². The van der Waals surface area contributed by atoms with E-state index >= 15 is 0 Å². The Kier molecular flexibility index (Phi) is 11.0. The van der Waals surface area contributed by atoms with Crippen LogP contribution in [0.4, 0.5) is 26.3 Å². The fraction of sp³-hybridized carbons (Fsp3) is 0.643. The summed E-state index contributed by atoms with van der Waals surface area (Å²) in [6, 6.07) is 1.96. The number of alkyl halides is 6. The van der Waals surface area contributed by atoms with Crippen molar-refractivity contribution in [2.24, 2.45) is 17.3 Å². The third-order valence-electron chi connectivity index (χ3n) is 13.3. The zero-order valence-electron chi connectivity index (χ0n) is 33.9. The first kappa shape index (κ1) is 43.9. The number of nitrogens with one attached hydrogen (secondary N) is 1. The van der Waals surface area contributed by atoms with Crippen LogP contribution < -0.4 is 9.46 Å². The van der Waals surface area contributed by atoms with Crippen molar-refractivity contribution >= 4 is 44.5 Å². The maximum absolute atomic E-state index is 14.8. The van der Waals surface area contributed by atoms with Gasteiger partial charge in [-0.3, -0.25) is 23.9 Å². The summed E-state index contributed by atoms with van der Waals surface area (Å²) in [5.41, 5.74) is -5.31. The van der Waals surface area contributed by atoms with Gasteiger partial charge in [-0.25, -0.2) is 13.4 Å². The first-order valence-electron chi connectivity index (χ1n) is 20.4. The highest BCUT2D eigenvalue weighted by molar-refractivity contribution is 7.91. The zero-order valence-corrected chi connectivity index (χ0v) is 34.7. The van der Waals surface area contributed by atoms with Crippen molar-refractivity contribution in [1.29, 1.82) is 0 Å². The molecule has 2 aliphatic carbocycles. The van der Waals surface area contributed by atoms with Gasteiger partial charge >= 0.3 is 18.3 Å². The quantitative estimate of drug-likeness (QED) is 0.176. The third kappa shape index (κ3) is 8.25. The van der Waals surface area contributed by atoms with Crippen LogP contribution in [0.15, 0.2) is 30.4 Å². The Bertz CT molecular complexity index is 2250. The van der Waals surface area contributed by atoms with E-state index in [2.05, 4.69) is 9.71 Å². The SMILES string of the molecule is Cc1nc2ccc(C(F)(F)F)cc2c2c1O[C@]1(CC2)C[C@H]2C(=O)C[C@]3(C(=O)NS(=O)(=O)C4(C)CC4)C[C@H]3/C=C\CCCCC[C@H](CC(=O)OC(C)(C)C(F)(F)F)C(=O)N2C1. The summed E-state index contributed by atoms with van der Waals surface area (Å²) >= 11 is 0. The molecule has 1 saturated heterocycles. The van der Waals surface area contributed by atoms with Gasteiger partial charge in [0.05, 0.1) is 45.9 Å². The molecule has 3 fully saturated rings. The Morgan fingerprint density at radius 1 is 1.03 bits per heavy atom. The monoisotopic (exact) mass is 869 g/mol. The number of Topliss-reactive ketones (excluding diaryl/α,β-unsaturated/α-hetero) is 1. The van der Waals surface area contributed by atoms with Crippen LogP contribution in [0.2, 0.25) is 0 Å². The van der Waals surface area contributed by atoms with Gasteiger partial charge in [-0.05, 0) is 103 Å². The van der Waals surface area contributed by atoms with Crippen molar-refractivity contribution < 1.29 is 63.4 Å².